The van der Waals surface area contributed by atoms with Crippen LogP contribution in [0.4, 0.5) is 24.5 Å². The third-order valence-corrected chi connectivity index (χ3v) is 7.22. The summed E-state index contributed by atoms with van der Waals surface area (Å²) in [4.78, 5) is 28.7. The van der Waals surface area contributed by atoms with E-state index < -0.39 is 18.1 Å². The Balaban J connectivity index is 1.26. The number of benzene rings is 3. The molecule has 1 atom stereocenters. The van der Waals surface area contributed by atoms with Crippen molar-refractivity contribution in [2.24, 2.45) is 0 Å². The molecule has 11 heteroatoms. The number of anilines is 2. The smallest absolute Gasteiger partial charge is 0.404 e. The van der Waals surface area contributed by atoms with E-state index in [2.05, 4.69) is 5.32 Å². The molecule has 0 saturated carbocycles. The molecule has 220 valence electrons. The number of likely N-dealkylation sites (tertiary alicyclic amines) is 1. The van der Waals surface area contributed by atoms with Crippen molar-refractivity contribution < 1.29 is 31.9 Å². The first kappa shape index (κ1) is 29.0. The summed E-state index contributed by atoms with van der Waals surface area (Å²) in [5.74, 6) is -0.379. The van der Waals surface area contributed by atoms with Crippen molar-refractivity contribution in [2.45, 2.75) is 31.5 Å². The van der Waals surface area contributed by atoms with Gasteiger partial charge in [0.25, 0.3) is 11.8 Å². The second kappa shape index (κ2) is 12.6. The van der Waals surface area contributed by atoms with Crippen molar-refractivity contribution in [3.05, 3.63) is 90.2 Å². The molecule has 1 aliphatic heterocycles. The number of hydrogen-bond acceptors (Lipinski definition) is 6. The average Bonchev–Trinajstić information content (AvgIpc) is 3.42. The SMILES string of the molecule is Nc1ccccc1NC(=O)c1ccc(OCCN(CN2CCCCC2C(F)(F)F)C(=O)c2cc3ccccc3o2)cc1. The maximum absolute atomic E-state index is 13.8. The quantitative estimate of drug-likeness (QED) is 0.230. The van der Waals surface area contributed by atoms with Crippen LogP contribution in [0.1, 0.15) is 40.2 Å². The van der Waals surface area contributed by atoms with E-state index in [1.165, 1.54) is 9.80 Å². The number of nitrogens with zero attached hydrogens (tertiary/aromatic N) is 2. The van der Waals surface area contributed by atoms with E-state index in [0.29, 0.717) is 41.1 Å². The Kier molecular flexibility index (Phi) is 8.67. The number of para-hydroxylation sites is 3. The molecule has 4 aromatic rings. The highest BCUT2D eigenvalue weighted by atomic mass is 19.4. The number of rotatable bonds is 9. The molecule has 0 radical (unpaired) electrons. The van der Waals surface area contributed by atoms with Gasteiger partial charge in [0.15, 0.2) is 5.76 Å². The molecule has 1 saturated heterocycles. The lowest BCUT2D eigenvalue weighted by Crippen LogP contribution is -2.54. The molecular formula is C31H31F3N4O4. The van der Waals surface area contributed by atoms with Crippen LogP contribution >= 0.6 is 0 Å². The van der Waals surface area contributed by atoms with Crippen molar-refractivity contribution in [2.75, 3.05) is 37.4 Å². The summed E-state index contributed by atoms with van der Waals surface area (Å²) >= 11 is 0. The van der Waals surface area contributed by atoms with Crippen molar-refractivity contribution in [3.63, 3.8) is 0 Å². The summed E-state index contributed by atoms with van der Waals surface area (Å²) in [7, 11) is 0. The number of nitrogens with two attached hydrogens (primary N) is 1. The molecular weight excluding hydrogens is 549 g/mol. The van der Waals surface area contributed by atoms with Gasteiger partial charge in [-0.05, 0) is 61.4 Å². The first-order valence-electron chi connectivity index (χ1n) is 13.7. The van der Waals surface area contributed by atoms with Crippen LogP contribution in [0.5, 0.6) is 5.75 Å². The normalized spacial score (nSPS) is 15.8. The number of amides is 2. The molecule has 42 heavy (non-hydrogen) atoms. The minimum Gasteiger partial charge on any atom is -0.492 e. The summed E-state index contributed by atoms with van der Waals surface area (Å²) < 4.78 is 52.9. The number of carbonyl (C=O) groups excluding carboxylic acids is 2. The molecule has 0 spiro atoms. The Morgan fingerprint density at radius 1 is 1.02 bits per heavy atom. The average molecular weight is 581 g/mol. The zero-order valence-corrected chi connectivity index (χ0v) is 22.8. The number of piperidine rings is 1. The summed E-state index contributed by atoms with van der Waals surface area (Å²) in [6.45, 7) is 0.0489. The number of carbonyl (C=O) groups is 2. The second-order valence-electron chi connectivity index (χ2n) is 10.1. The van der Waals surface area contributed by atoms with E-state index in [1.807, 2.05) is 6.07 Å². The van der Waals surface area contributed by atoms with Crippen LogP contribution in [0, 0.1) is 0 Å². The van der Waals surface area contributed by atoms with Crippen LogP contribution in [0.15, 0.2) is 83.3 Å². The van der Waals surface area contributed by atoms with Crippen LogP contribution in [-0.2, 0) is 0 Å². The minimum atomic E-state index is -4.40. The van der Waals surface area contributed by atoms with Gasteiger partial charge < -0.3 is 25.1 Å². The van der Waals surface area contributed by atoms with E-state index in [0.717, 1.165) is 5.39 Å². The first-order chi connectivity index (χ1) is 20.2. The fourth-order valence-electron chi connectivity index (χ4n) is 5.01. The van der Waals surface area contributed by atoms with Crippen molar-refractivity contribution in [1.82, 2.24) is 9.80 Å². The van der Waals surface area contributed by atoms with Gasteiger partial charge in [-0.2, -0.15) is 13.2 Å². The van der Waals surface area contributed by atoms with Gasteiger partial charge in [-0.25, -0.2) is 0 Å². The molecule has 0 aliphatic carbocycles. The van der Waals surface area contributed by atoms with Gasteiger partial charge >= 0.3 is 6.18 Å². The summed E-state index contributed by atoms with van der Waals surface area (Å²) in [5, 5.41) is 3.48. The Morgan fingerprint density at radius 3 is 2.50 bits per heavy atom. The van der Waals surface area contributed by atoms with Gasteiger partial charge in [-0.3, -0.25) is 14.5 Å². The third-order valence-electron chi connectivity index (χ3n) is 7.22. The summed E-state index contributed by atoms with van der Waals surface area (Å²) in [5.41, 5.74) is 7.73. The molecule has 5 rings (SSSR count). The fraction of sp³-hybridized carbons (Fsp3) is 0.290. The molecule has 1 aromatic heterocycles. The van der Waals surface area contributed by atoms with E-state index >= 15 is 0 Å². The van der Waals surface area contributed by atoms with Gasteiger partial charge in [0.1, 0.15) is 24.0 Å². The monoisotopic (exact) mass is 580 g/mol. The zero-order valence-electron chi connectivity index (χ0n) is 22.8. The topological polar surface area (TPSA) is 101 Å². The lowest BCUT2D eigenvalue weighted by Gasteiger charge is -2.39. The second-order valence-corrected chi connectivity index (χ2v) is 10.1. The number of ether oxygens (including phenoxy) is 1. The Bertz CT molecular complexity index is 1500. The minimum absolute atomic E-state index is 0.0105. The molecule has 3 N–H and O–H groups in total. The highest BCUT2D eigenvalue weighted by Crippen LogP contribution is 2.32. The number of alkyl halides is 3. The van der Waals surface area contributed by atoms with Gasteiger partial charge in [-0.15, -0.1) is 0 Å². The lowest BCUT2D eigenvalue weighted by atomic mass is 10.0. The molecule has 2 amide bonds. The third kappa shape index (κ3) is 6.85. The number of fused-ring (bicyclic) bond motifs is 1. The predicted octanol–water partition coefficient (Wildman–Crippen LogP) is 6.16. The summed E-state index contributed by atoms with van der Waals surface area (Å²) in [6, 6.07) is 20.4. The van der Waals surface area contributed by atoms with Gasteiger partial charge in [0.2, 0.25) is 0 Å². The molecule has 8 nitrogen and oxygen atoms in total. The van der Waals surface area contributed by atoms with E-state index in [1.54, 1.807) is 72.8 Å². The number of nitrogen functional groups attached to an aromatic ring is 1. The van der Waals surface area contributed by atoms with E-state index in [-0.39, 0.29) is 44.5 Å². The van der Waals surface area contributed by atoms with Crippen LogP contribution in [0.3, 0.4) is 0 Å². The maximum atomic E-state index is 13.8. The lowest BCUT2D eigenvalue weighted by molar-refractivity contribution is -0.195. The van der Waals surface area contributed by atoms with Crippen LogP contribution < -0.4 is 15.8 Å². The van der Waals surface area contributed by atoms with E-state index in [9.17, 15) is 22.8 Å². The number of nitrogens with one attached hydrogen (secondary N) is 1. The molecule has 2 heterocycles. The molecule has 1 fully saturated rings. The maximum Gasteiger partial charge on any atom is 0.404 e. The fourth-order valence-corrected chi connectivity index (χ4v) is 5.01. The number of halogens is 3. The van der Waals surface area contributed by atoms with Crippen LogP contribution in [-0.4, -0.2) is 60.2 Å². The largest absolute Gasteiger partial charge is 0.492 e. The standard InChI is InChI=1S/C31H31F3N4O4/c32-31(33,34)28-11-5-6-16-37(28)20-38(30(40)27-19-22-7-1-4-10-26(22)42-27)17-18-41-23-14-12-21(13-15-23)29(39)36-25-9-3-2-8-24(25)35/h1-4,7-10,12-15,19,28H,5-6,11,16-18,20,35H2,(H,36,39). The predicted molar refractivity (Wildman–Crippen MR) is 153 cm³/mol. The van der Waals surface area contributed by atoms with Crippen molar-refractivity contribution in [1.29, 1.82) is 0 Å². The van der Waals surface area contributed by atoms with Gasteiger partial charge in [0.05, 0.1) is 24.6 Å². The number of furan rings is 1. The number of hydrogen-bond donors (Lipinski definition) is 2. The summed E-state index contributed by atoms with van der Waals surface area (Å²) in [6.07, 6.45) is -3.31. The molecule has 1 aliphatic rings. The molecule has 1 unspecified atom stereocenters. The zero-order chi connectivity index (χ0) is 29.7. The van der Waals surface area contributed by atoms with Gasteiger partial charge in [-0.1, -0.05) is 36.8 Å². The van der Waals surface area contributed by atoms with E-state index in [4.69, 9.17) is 14.9 Å². The van der Waals surface area contributed by atoms with Gasteiger partial charge in [0, 0.05) is 17.5 Å². The van der Waals surface area contributed by atoms with Crippen LogP contribution in [0.25, 0.3) is 11.0 Å². The highest BCUT2D eigenvalue weighted by Gasteiger charge is 2.45. The Labute approximate surface area is 240 Å². The van der Waals surface area contributed by atoms with Crippen LogP contribution in [0.2, 0.25) is 0 Å². The molecule has 0 bridgehead atoms. The van der Waals surface area contributed by atoms with Crippen molar-refractivity contribution in [3.8, 4) is 5.75 Å². The highest BCUT2D eigenvalue weighted by molar-refractivity contribution is 6.05. The molecule has 3 aromatic carbocycles. The Morgan fingerprint density at radius 2 is 1.76 bits per heavy atom. The van der Waals surface area contributed by atoms with Crippen molar-refractivity contribution >= 4 is 34.2 Å². The first-order valence-corrected chi connectivity index (χ1v) is 13.7. The Hall–Kier alpha value is -4.51.